The molecule has 0 atom stereocenters. The number of nitrogens with zero attached hydrogens (tertiary/aromatic N) is 2. The fourth-order valence-corrected chi connectivity index (χ4v) is 1.67. The second kappa shape index (κ2) is 4.40. The van der Waals surface area contributed by atoms with Crippen LogP contribution in [0.1, 0.15) is 0 Å². The van der Waals surface area contributed by atoms with E-state index in [4.69, 9.17) is 15.2 Å². The Bertz CT molecular complexity index is 493. The molecule has 1 aromatic heterocycles. The lowest BCUT2D eigenvalue weighted by Crippen LogP contribution is -2.05. The van der Waals surface area contributed by atoms with Crippen LogP contribution in [0.25, 0.3) is 10.9 Å². The smallest absolute Gasteiger partial charge is 0.240 e. The number of rotatable bonds is 4. The standard InChI is InChI=1S/C11H15N3O2/c1-15-6-5-14-10-4-3-8(12)7-9(10)11(13-14)16-2/h3-4,7H,5-6,12H2,1-2H3. The van der Waals surface area contributed by atoms with Crippen molar-refractivity contribution in [1.29, 1.82) is 0 Å². The predicted molar refractivity (Wildman–Crippen MR) is 62.6 cm³/mol. The van der Waals surface area contributed by atoms with Crippen LogP contribution in [0.2, 0.25) is 0 Å². The molecule has 0 unspecified atom stereocenters. The molecule has 0 aliphatic carbocycles. The molecule has 0 fully saturated rings. The average molecular weight is 221 g/mol. The van der Waals surface area contributed by atoms with Gasteiger partial charge in [-0.2, -0.15) is 0 Å². The molecule has 2 N–H and O–H groups in total. The molecule has 2 aromatic rings. The number of aromatic nitrogens is 2. The van der Waals surface area contributed by atoms with Crippen LogP contribution in [-0.2, 0) is 11.3 Å². The van der Waals surface area contributed by atoms with Crippen molar-refractivity contribution in [2.24, 2.45) is 0 Å². The minimum absolute atomic E-state index is 0.596. The highest BCUT2D eigenvalue weighted by atomic mass is 16.5. The Balaban J connectivity index is 2.50. The molecule has 0 saturated carbocycles. The zero-order valence-electron chi connectivity index (χ0n) is 9.43. The molecule has 0 aliphatic heterocycles. The molecular formula is C11H15N3O2. The van der Waals surface area contributed by atoms with Crippen molar-refractivity contribution in [3.05, 3.63) is 18.2 Å². The van der Waals surface area contributed by atoms with Gasteiger partial charge in [0.2, 0.25) is 5.88 Å². The summed E-state index contributed by atoms with van der Waals surface area (Å²) in [6.07, 6.45) is 0. The Hall–Kier alpha value is -1.75. The van der Waals surface area contributed by atoms with Gasteiger partial charge in [-0.25, -0.2) is 0 Å². The zero-order valence-corrected chi connectivity index (χ0v) is 9.43. The number of methoxy groups -OCH3 is 2. The van der Waals surface area contributed by atoms with Crippen molar-refractivity contribution < 1.29 is 9.47 Å². The Kier molecular flexibility index (Phi) is 2.96. The maximum atomic E-state index is 5.74. The first-order valence-corrected chi connectivity index (χ1v) is 5.05. The van der Waals surface area contributed by atoms with E-state index in [1.165, 1.54) is 0 Å². The summed E-state index contributed by atoms with van der Waals surface area (Å²) in [5, 5.41) is 5.27. The number of nitrogens with two attached hydrogens (primary N) is 1. The summed E-state index contributed by atoms with van der Waals surface area (Å²) in [4.78, 5) is 0. The van der Waals surface area contributed by atoms with E-state index in [-0.39, 0.29) is 0 Å². The Morgan fingerprint density at radius 2 is 2.19 bits per heavy atom. The highest BCUT2D eigenvalue weighted by Crippen LogP contribution is 2.26. The topological polar surface area (TPSA) is 62.3 Å². The molecule has 0 radical (unpaired) electrons. The summed E-state index contributed by atoms with van der Waals surface area (Å²) < 4.78 is 12.1. The lowest BCUT2D eigenvalue weighted by molar-refractivity contribution is 0.184. The number of benzene rings is 1. The van der Waals surface area contributed by atoms with Crippen LogP contribution in [0.3, 0.4) is 0 Å². The molecule has 5 nitrogen and oxygen atoms in total. The second-order valence-corrected chi connectivity index (χ2v) is 3.50. The molecule has 0 aliphatic rings. The first kappa shape index (κ1) is 10.8. The van der Waals surface area contributed by atoms with E-state index in [2.05, 4.69) is 5.10 Å². The summed E-state index contributed by atoms with van der Waals surface area (Å²) in [5.41, 5.74) is 7.45. The first-order valence-electron chi connectivity index (χ1n) is 5.05. The number of fused-ring (bicyclic) bond motifs is 1. The van der Waals surface area contributed by atoms with Gasteiger partial charge in [-0.3, -0.25) is 4.68 Å². The minimum atomic E-state index is 0.596. The van der Waals surface area contributed by atoms with E-state index in [9.17, 15) is 0 Å². The first-order chi connectivity index (χ1) is 7.76. The van der Waals surface area contributed by atoms with Crippen molar-refractivity contribution in [2.75, 3.05) is 26.6 Å². The Morgan fingerprint density at radius 3 is 2.88 bits per heavy atom. The molecule has 0 saturated heterocycles. The van der Waals surface area contributed by atoms with Gasteiger partial charge in [-0.05, 0) is 18.2 Å². The van der Waals surface area contributed by atoms with Gasteiger partial charge in [-0.1, -0.05) is 0 Å². The largest absolute Gasteiger partial charge is 0.479 e. The predicted octanol–water partition coefficient (Wildman–Crippen LogP) is 1.27. The van der Waals surface area contributed by atoms with E-state index in [1.54, 1.807) is 14.2 Å². The van der Waals surface area contributed by atoms with Crippen molar-refractivity contribution in [2.45, 2.75) is 6.54 Å². The molecule has 0 amide bonds. The number of ether oxygens (including phenoxy) is 2. The number of nitrogen functional groups attached to an aromatic ring is 1. The summed E-state index contributed by atoms with van der Waals surface area (Å²) in [6, 6.07) is 5.66. The fraction of sp³-hybridized carbons (Fsp3) is 0.364. The summed E-state index contributed by atoms with van der Waals surface area (Å²) in [5.74, 6) is 0.596. The van der Waals surface area contributed by atoms with Gasteiger partial charge in [-0.15, -0.1) is 5.10 Å². The normalized spacial score (nSPS) is 10.9. The second-order valence-electron chi connectivity index (χ2n) is 3.50. The van der Waals surface area contributed by atoms with Crippen LogP contribution in [-0.4, -0.2) is 30.6 Å². The van der Waals surface area contributed by atoms with Crippen molar-refractivity contribution >= 4 is 16.6 Å². The Morgan fingerprint density at radius 1 is 1.38 bits per heavy atom. The summed E-state index contributed by atoms with van der Waals surface area (Å²) in [7, 11) is 3.27. The highest BCUT2D eigenvalue weighted by molar-refractivity contribution is 5.87. The molecule has 16 heavy (non-hydrogen) atoms. The average Bonchev–Trinajstić information content (AvgIpc) is 2.63. The third-order valence-corrected chi connectivity index (χ3v) is 2.44. The Labute approximate surface area is 93.7 Å². The zero-order chi connectivity index (χ0) is 11.5. The maximum absolute atomic E-state index is 5.74. The highest BCUT2D eigenvalue weighted by Gasteiger charge is 2.10. The number of hydrogen-bond donors (Lipinski definition) is 1. The van der Waals surface area contributed by atoms with Crippen LogP contribution >= 0.6 is 0 Å². The molecule has 1 aromatic carbocycles. The van der Waals surface area contributed by atoms with Crippen LogP contribution in [0.15, 0.2) is 18.2 Å². The third kappa shape index (κ3) is 1.81. The molecule has 2 rings (SSSR count). The third-order valence-electron chi connectivity index (χ3n) is 2.44. The maximum Gasteiger partial charge on any atom is 0.240 e. The minimum Gasteiger partial charge on any atom is -0.479 e. The monoisotopic (exact) mass is 221 g/mol. The van der Waals surface area contributed by atoms with E-state index < -0.39 is 0 Å². The van der Waals surface area contributed by atoms with Gasteiger partial charge in [0.05, 0.1) is 31.2 Å². The van der Waals surface area contributed by atoms with Crippen LogP contribution < -0.4 is 10.5 Å². The number of anilines is 1. The van der Waals surface area contributed by atoms with Gasteiger partial charge >= 0.3 is 0 Å². The van der Waals surface area contributed by atoms with Crippen LogP contribution in [0, 0.1) is 0 Å². The van der Waals surface area contributed by atoms with Gasteiger partial charge < -0.3 is 15.2 Å². The molecule has 0 bridgehead atoms. The quantitative estimate of drug-likeness (QED) is 0.790. The van der Waals surface area contributed by atoms with E-state index in [1.807, 2.05) is 22.9 Å². The van der Waals surface area contributed by atoms with E-state index in [0.717, 1.165) is 10.9 Å². The lowest BCUT2D eigenvalue weighted by Gasteiger charge is -2.01. The molecule has 86 valence electrons. The molecular weight excluding hydrogens is 206 g/mol. The number of hydrogen-bond acceptors (Lipinski definition) is 4. The van der Waals surface area contributed by atoms with Crippen molar-refractivity contribution in [1.82, 2.24) is 9.78 Å². The van der Waals surface area contributed by atoms with Gasteiger partial charge in [0, 0.05) is 12.8 Å². The van der Waals surface area contributed by atoms with Gasteiger partial charge in [0.15, 0.2) is 0 Å². The summed E-state index contributed by atoms with van der Waals surface area (Å²) in [6.45, 7) is 1.31. The van der Waals surface area contributed by atoms with E-state index in [0.29, 0.717) is 24.7 Å². The van der Waals surface area contributed by atoms with Crippen LogP contribution in [0.5, 0.6) is 5.88 Å². The van der Waals surface area contributed by atoms with E-state index >= 15 is 0 Å². The lowest BCUT2D eigenvalue weighted by atomic mass is 10.2. The van der Waals surface area contributed by atoms with Crippen LogP contribution in [0.4, 0.5) is 5.69 Å². The van der Waals surface area contributed by atoms with Gasteiger partial charge in [0.25, 0.3) is 0 Å². The summed E-state index contributed by atoms with van der Waals surface area (Å²) >= 11 is 0. The van der Waals surface area contributed by atoms with Crippen molar-refractivity contribution in [3.8, 4) is 5.88 Å². The molecule has 1 heterocycles. The SMILES string of the molecule is COCCn1nc(OC)c2cc(N)ccc21. The van der Waals surface area contributed by atoms with Crippen molar-refractivity contribution in [3.63, 3.8) is 0 Å². The molecule has 5 heteroatoms. The molecule has 0 spiro atoms. The fourth-order valence-electron chi connectivity index (χ4n) is 1.67. The van der Waals surface area contributed by atoms with Gasteiger partial charge in [0.1, 0.15) is 0 Å².